The number of anilines is 1. The van der Waals surface area contributed by atoms with Gasteiger partial charge in [-0.15, -0.1) is 27.0 Å². The van der Waals surface area contributed by atoms with Crippen LogP contribution < -0.4 is 5.32 Å². The van der Waals surface area contributed by atoms with Crippen molar-refractivity contribution in [1.29, 1.82) is 0 Å². The molecular formula is C20H22N6OS2. The summed E-state index contributed by atoms with van der Waals surface area (Å²) in [6.45, 7) is 6.49. The Labute approximate surface area is 177 Å². The van der Waals surface area contributed by atoms with E-state index in [9.17, 15) is 4.79 Å². The van der Waals surface area contributed by atoms with Crippen molar-refractivity contribution in [2.24, 2.45) is 0 Å². The topological polar surface area (TPSA) is 85.6 Å². The summed E-state index contributed by atoms with van der Waals surface area (Å²) in [5, 5.41) is 21.8. The van der Waals surface area contributed by atoms with Gasteiger partial charge < -0.3 is 4.57 Å². The molecule has 3 aromatic rings. The van der Waals surface area contributed by atoms with Crippen LogP contribution in [0.4, 0.5) is 5.13 Å². The molecular weight excluding hydrogens is 404 g/mol. The van der Waals surface area contributed by atoms with E-state index in [1.807, 2.05) is 19.1 Å². The van der Waals surface area contributed by atoms with Gasteiger partial charge in [0.05, 0.1) is 5.75 Å². The maximum Gasteiger partial charge on any atom is 0.236 e. The van der Waals surface area contributed by atoms with Crippen LogP contribution in [0.2, 0.25) is 0 Å². The molecule has 1 N–H and O–H groups in total. The molecule has 1 aliphatic rings. The number of carbonyl (C=O) groups excluding carboxylic acids is 1. The Hall–Kier alpha value is -2.52. The number of allylic oxidation sites excluding steroid dienone is 1. The molecule has 0 radical (unpaired) electrons. The molecule has 1 saturated carbocycles. The molecule has 4 rings (SSSR count). The Morgan fingerprint density at radius 3 is 2.83 bits per heavy atom. The average molecular weight is 427 g/mol. The molecule has 7 nitrogen and oxygen atoms in total. The molecule has 1 aromatic carbocycles. The van der Waals surface area contributed by atoms with Crippen molar-refractivity contribution in [2.45, 2.75) is 43.3 Å². The van der Waals surface area contributed by atoms with Gasteiger partial charge in [-0.1, -0.05) is 66.4 Å². The molecule has 0 bridgehead atoms. The number of aryl methyl sites for hydroxylation is 1. The van der Waals surface area contributed by atoms with E-state index in [2.05, 4.69) is 61.1 Å². The molecule has 150 valence electrons. The van der Waals surface area contributed by atoms with Crippen LogP contribution in [0.15, 0.2) is 48.1 Å². The Kier molecular flexibility index (Phi) is 6.05. The van der Waals surface area contributed by atoms with E-state index in [0.29, 0.717) is 23.5 Å². The smallest absolute Gasteiger partial charge is 0.236 e. The number of rotatable bonds is 9. The number of nitrogens with one attached hydrogen (secondary N) is 1. The van der Waals surface area contributed by atoms with Gasteiger partial charge in [0.15, 0.2) is 5.16 Å². The van der Waals surface area contributed by atoms with Crippen LogP contribution in [0, 0.1) is 0 Å². The normalized spacial score (nSPS) is 17.8. The number of amides is 1. The first-order chi connectivity index (χ1) is 14.2. The molecule has 1 amide bonds. The number of aromatic nitrogens is 5. The first-order valence-corrected chi connectivity index (χ1v) is 11.3. The van der Waals surface area contributed by atoms with Gasteiger partial charge in [0, 0.05) is 12.5 Å². The maximum atomic E-state index is 12.3. The fourth-order valence-corrected chi connectivity index (χ4v) is 4.71. The first kappa shape index (κ1) is 19.8. The number of nitrogens with zero attached hydrogens (tertiary/aromatic N) is 5. The summed E-state index contributed by atoms with van der Waals surface area (Å²) in [6, 6.07) is 10.5. The van der Waals surface area contributed by atoms with E-state index in [0.717, 1.165) is 28.8 Å². The molecule has 0 saturated heterocycles. The van der Waals surface area contributed by atoms with Gasteiger partial charge in [0.2, 0.25) is 11.0 Å². The van der Waals surface area contributed by atoms with E-state index >= 15 is 0 Å². The molecule has 2 atom stereocenters. The molecule has 2 aromatic heterocycles. The molecule has 0 spiro atoms. The maximum absolute atomic E-state index is 12.3. The van der Waals surface area contributed by atoms with Crippen LogP contribution in [0.1, 0.15) is 41.6 Å². The second-order valence-corrected chi connectivity index (χ2v) is 8.80. The molecule has 1 aliphatic carbocycles. The van der Waals surface area contributed by atoms with Gasteiger partial charge in [-0.25, -0.2) is 0 Å². The van der Waals surface area contributed by atoms with Crippen molar-refractivity contribution in [2.75, 3.05) is 11.1 Å². The van der Waals surface area contributed by atoms with E-state index in [1.165, 1.54) is 28.7 Å². The highest BCUT2D eigenvalue weighted by Crippen LogP contribution is 2.54. The molecule has 9 heteroatoms. The monoisotopic (exact) mass is 426 g/mol. The molecule has 0 aliphatic heterocycles. The highest BCUT2D eigenvalue weighted by Gasteiger charge is 2.43. The van der Waals surface area contributed by atoms with Crippen molar-refractivity contribution >= 4 is 34.1 Å². The van der Waals surface area contributed by atoms with Crippen LogP contribution in [0.5, 0.6) is 0 Å². The SMILES string of the molecule is C=CCn1c(SCC(=O)Nc2nnc(CC)s2)nnc1C1CC1c1ccccc1. The quantitative estimate of drug-likeness (QED) is 0.413. The lowest BCUT2D eigenvalue weighted by Gasteiger charge is -2.07. The van der Waals surface area contributed by atoms with Crippen molar-refractivity contribution in [3.63, 3.8) is 0 Å². The highest BCUT2D eigenvalue weighted by molar-refractivity contribution is 7.99. The fourth-order valence-electron chi connectivity index (χ4n) is 3.26. The number of carbonyl (C=O) groups is 1. The average Bonchev–Trinajstić information content (AvgIpc) is 3.23. The first-order valence-electron chi connectivity index (χ1n) is 9.53. The van der Waals surface area contributed by atoms with E-state index < -0.39 is 0 Å². The lowest BCUT2D eigenvalue weighted by Crippen LogP contribution is -2.14. The summed E-state index contributed by atoms with van der Waals surface area (Å²) in [5.74, 6) is 1.93. The standard InChI is InChI=1S/C20H22N6OS2/c1-3-10-26-18(15-11-14(15)13-8-6-5-7-9-13)23-25-20(26)28-12-16(27)21-19-24-22-17(4-2)29-19/h3,5-9,14-15H,1,4,10-12H2,2H3,(H,21,24,27). The lowest BCUT2D eigenvalue weighted by atomic mass is 10.1. The zero-order valence-electron chi connectivity index (χ0n) is 16.1. The van der Waals surface area contributed by atoms with E-state index in [1.54, 1.807) is 0 Å². The van der Waals surface area contributed by atoms with Crippen LogP contribution in [-0.4, -0.2) is 36.6 Å². The summed E-state index contributed by atoms with van der Waals surface area (Å²) in [4.78, 5) is 12.3. The van der Waals surface area contributed by atoms with Crippen molar-refractivity contribution < 1.29 is 4.79 Å². The summed E-state index contributed by atoms with van der Waals surface area (Å²) >= 11 is 2.77. The molecule has 1 fully saturated rings. The number of thioether (sulfide) groups is 1. The van der Waals surface area contributed by atoms with Gasteiger partial charge in [-0.05, 0) is 24.3 Å². The minimum atomic E-state index is -0.128. The van der Waals surface area contributed by atoms with Crippen LogP contribution >= 0.6 is 23.1 Å². The van der Waals surface area contributed by atoms with Crippen LogP contribution in [0.25, 0.3) is 0 Å². The molecule has 29 heavy (non-hydrogen) atoms. The Morgan fingerprint density at radius 1 is 1.28 bits per heavy atom. The fraction of sp³-hybridized carbons (Fsp3) is 0.350. The largest absolute Gasteiger partial charge is 0.302 e. The minimum Gasteiger partial charge on any atom is -0.302 e. The van der Waals surface area contributed by atoms with Crippen molar-refractivity contribution in [3.8, 4) is 0 Å². The van der Waals surface area contributed by atoms with Crippen LogP contribution in [-0.2, 0) is 17.8 Å². The number of hydrogen-bond acceptors (Lipinski definition) is 7. The Bertz CT molecular complexity index is 1000. The zero-order chi connectivity index (χ0) is 20.2. The number of hydrogen-bond donors (Lipinski definition) is 1. The van der Waals surface area contributed by atoms with Crippen molar-refractivity contribution in [1.82, 2.24) is 25.0 Å². The third-order valence-electron chi connectivity index (χ3n) is 4.75. The lowest BCUT2D eigenvalue weighted by molar-refractivity contribution is -0.113. The van der Waals surface area contributed by atoms with Gasteiger partial charge in [-0.3, -0.25) is 10.1 Å². The Balaban J connectivity index is 1.40. The van der Waals surface area contributed by atoms with Crippen molar-refractivity contribution in [3.05, 3.63) is 59.4 Å². The summed E-state index contributed by atoms with van der Waals surface area (Å²) < 4.78 is 2.07. The van der Waals surface area contributed by atoms with Crippen LogP contribution in [0.3, 0.4) is 0 Å². The Morgan fingerprint density at radius 2 is 2.10 bits per heavy atom. The second kappa shape index (κ2) is 8.87. The zero-order valence-corrected chi connectivity index (χ0v) is 17.7. The highest BCUT2D eigenvalue weighted by atomic mass is 32.2. The minimum absolute atomic E-state index is 0.128. The third-order valence-corrected chi connectivity index (χ3v) is 6.70. The van der Waals surface area contributed by atoms with Gasteiger partial charge in [0.25, 0.3) is 0 Å². The molecule has 2 unspecified atom stereocenters. The summed E-state index contributed by atoms with van der Waals surface area (Å²) in [7, 11) is 0. The predicted octanol–water partition coefficient (Wildman–Crippen LogP) is 3.88. The third kappa shape index (κ3) is 4.56. The second-order valence-electron chi connectivity index (χ2n) is 6.79. The van der Waals surface area contributed by atoms with E-state index in [4.69, 9.17) is 0 Å². The van der Waals surface area contributed by atoms with E-state index in [-0.39, 0.29) is 11.7 Å². The van der Waals surface area contributed by atoms with Gasteiger partial charge >= 0.3 is 0 Å². The predicted molar refractivity (Wildman–Crippen MR) is 115 cm³/mol. The van der Waals surface area contributed by atoms with Gasteiger partial charge in [-0.2, -0.15) is 0 Å². The summed E-state index contributed by atoms with van der Waals surface area (Å²) in [6.07, 6.45) is 3.71. The number of benzene rings is 1. The summed E-state index contributed by atoms with van der Waals surface area (Å²) in [5.41, 5.74) is 1.34. The van der Waals surface area contributed by atoms with Gasteiger partial charge in [0.1, 0.15) is 10.8 Å². The molecule has 2 heterocycles.